The second-order valence-corrected chi connectivity index (χ2v) is 5.10. The minimum atomic E-state index is -0.114. The van der Waals surface area contributed by atoms with E-state index in [1.165, 1.54) is 4.90 Å². The number of carbonyl (C=O) groups excluding carboxylic acids is 2. The van der Waals surface area contributed by atoms with Crippen molar-refractivity contribution in [1.29, 1.82) is 0 Å². The number of likely N-dealkylation sites (tertiary alicyclic amines) is 1. The normalized spacial score (nSPS) is 17.0. The largest absolute Gasteiger partial charge is 0.496 e. The molecular formula is C16H22N2O3. The molecule has 0 aliphatic carbocycles. The van der Waals surface area contributed by atoms with Gasteiger partial charge in [-0.1, -0.05) is 25.1 Å². The van der Waals surface area contributed by atoms with Crippen molar-refractivity contribution in [3.05, 3.63) is 29.8 Å². The minimum absolute atomic E-state index is 0.0796. The van der Waals surface area contributed by atoms with E-state index in [4.69, 9.17) is 4.74 Å². The van der Waals surface area contributed by atoms with E-state index in [1.807, 2.05) is 31.2 Å². The molecule has 0 radical (unpaired) electrons. The molecule has 0 bridgehead atoms. The Hall–Kier alpha value is -1.88. The molecule has 5 heteroatoms. The van der Waals surface area contributed by atoms with Crippen LogP contribution >= 0.6 is 0 Å². The average molecular weight is 290 g/mol. The van der Waals surface area contributed by atoms with Crippen molar-refractivity contribution >= 4 is 11.8 Å². The van der Waals surface area contributed by atoms with E-state index in [1.54, 1.807) is 7.11 Å². The van der Waals surface area contributed by atoms with Crippen molar-refractivity contribution in [1.82, 2.24) is 10.2 Å². The van der Waals surface area contributed by atoms with Gasteiger partial charge in [-0.05, 0) is 19.0 Å². The van der Waals surface area contributed by atoms with Crippen LogP contribution in [-0.4, -0.2) is 36.9 Å². The van der Waals surface area contributed by atoms with Gasteiger partial charge in [-0.2, -0.15) is 0 Å². The summed E-state index contributed by atoms with van der Waals surface area (Å²) in [5, 5.41) is 3.34. The third-order valence-corrected chi connectivity index (χ3v) is 3.71. The van der Waals surface area contributed by atoms with Crippen LogP contribution in [0.1, 0.15) is 37.8 Å². The first-order chi connectivity index (χ1) is 10.2. The van der Waals surface area contributed by atoms with Crippen molar-refractivity contribution in [3.8, 4) is 5.75 Å². The third kappa shape index (κ3) is 3.61. The fourth-order valence-corrected chi connectivity index (χ4v) is 2.66. The van der Waals surface area contributed by atoms with Gasteiger partial charge >= 0.3 is 0 Å². The maximum absolute atomic E-state index is 12.0. The molecule has 0 saturated carbocycles. The van der Waals surface area contributed by atoms with Crippen LogP contribution in [0.15, 0.2) is 24.3 Å². The van der Waals surface area contributed by atoms with Gasteiger partial charge in [-0.25, -0.2) is 0 Å². The molecule has 1 atom stereocenters. The van der Waals surface area contributed by atoms with E-state index in [0.717, 1.165) is 17.9 Å². The van der Waals surface area contributed by atoms with Crippen molar-refractivity contribution < 1.29 is 14.3 Å². The number of amides is 2. The van der Waals surface area contributed by atoms with Crippen LogP contribution in [0.4, 0.5) is 0 Å². The first-order valence-electron chi connectivity index (χ1n) is 7.36. The molecule has 2 rings (SSSR count). The van der Waals surface area contributed by atoms with Crippen LogP contribution in [0.5, 0.6) is 5.75 Å². The van der Waals surface area contributed by atoms with Crippen LogP contribution in [0.25, 0.3) is 0 Å². The second kappa shape index (κ2) is 7.22. The lowest BCUT2D eigenvalue weighted by molar-refractivity contribution is -0.148. The van der Waals surface area contributed by atoms with Crippen molar-refractivity contribution in [2.24, 2.45) is 0 Å². The molecule has 1 aromatic carbocycles. The average Bonchev–Trinajstić information content (AvgIpc) is 2.50. The predicted octanol–water partition coefficient (Wildman–Crippen LogP) is 1.88. The van der Waals surface area contributed by atoms with Gasteiger partial charge in [0.05, 0.1) is 13.2 Å². The number of para-hydroxylation sites is 1. The molecule has 1 aromatic rings. The van der Waals surface area contributed by atoms with Crippen LogP contribution in [0.2, 0.25) is 0 Å². The van der Waals surface area contributed by atoms with Gasteiger partial charge < -0.3 is 10.1 Å². The van der Waals surface area contributed by atoms with Gasteiger partial charge in [0.25, 0.3) is 0 Å². The molecule has 1 saturated heterocycles. The fraction of sp³-hybridized carbons (Fsp3) is 0.500. The molecule has 114 valence electrons. The number of hydrogen-bond acceptors (Lipinski definition) is 4. The number of imide groups is 1. The molecule has 1 heterocycles. The Morgan fingerprint density at radius 3 is 2.52 bits per heavy atom. The molecule has 0 aromatic heterocycles. The monoisotopic (exact) mass is 290 g/mol. The highest BCUT2D eigenvalue weighted by atomic mass is 16.5. The van der Waals surface area contributed by atoms with Crippen molar-refractivity contribution in [2.45, 2.75) is 32.2 Å². The minimum Gasteiger partial charge on any atom is -0.496 e. The topological polar surface area (TPSA) is 58.6 Å². The Labute approximate surface area is 125 Å². The standard InChI is InChI=1S/C16H22N2O3/c1-3-17-13(12-7-4-5-8-14(12)21-2)11-18-15(19)9-6-10-16(18)20/h4-5,7-8,13,17H,3,6,9-11H2,1-2H3. The number of methoxy groups -OCH3 is 1. The number of hydrogen-bond donors (Lipinski definition) is 1. The van der Waals surface area contributed by atoms with E-state index < -0.39 is 0 Å². The van der Waals surface area contributed by atoms with Crippen molar-refractivity contribution in [3.63, 3.8) is 0 Å². The maximum Gasteiger partial charge on any atom is 0.229 e. The number of rotatable bonds is 6. The molecule has 1 aliphatic heterocycles. The zero-order chi connectivity index (χ0) is 15.2. The summed E-state index contributed by atoms with van der Waals surface area (Å²) in [6, 6.07) is 7.58. The molecule has 0 spiro atoms. The third-order valence-electron chi connectivity index (χ3n) is 3.71. The summed E-state index contributed by atoms with van der Waals surface area (Å²) in [5.74, 6) is 0.605. The highest BCUT2D eigenvalue weighted by Gasteiger charge is 2.29. The summed E-state index contributed by atoms with van der Waals surface area (Å²) >= 11 is 0. The highest BCUT2D eigenvalue weighted by Crippen LogP contribution is 2.26. The van der Waals surface area contributed by atoms with E-state index >= 15 is 0 Å². The number of likely N-dealkylation sites (N-methyl/N-ethyl adjacent to an activating group) is 1. The van der Waals surface area contributed by atoms with Gasteiger partial charge in [-0.15, -0.1) is 0 Å². The summed E-state index contributed by atoms with van der Waals surface area (Å²) in [6.07, 6.45) is 1.57. The highest BCUT2D eigenvalue weighted by molar-refractivity contribution is 5.97. The zero-order valence-corrected chi connectivity index (χ0v) is 12.6. The lowest BCUT2D eigenvalue weighted by Crippen LogP contribution is -2.45. The van der Waals surface area contributed by atoms with Crippen molar-refractivity contribution in [2.75, 3.05) is 20.2 Å². The van der Waals surface area contributed by atoms with E-state index in [9.17, 15) is 9.59 Å². The van der Waals surface area contributed by atoms with Gasteiger partial charge in [-0.3, -0.25) is 14.5 Å². The molecule has 1 unspecified atom stereocenters. The number of carbonyl (C=O) groups is 2. The predicted molar refractivity (Wildman–Crippen MR) is 80.0 cm³/mol. The number of nitrogens with one attached hydrogen (secondary N) is 1. The quantitative estimate of drug-likeness (QED) is 0.813. The van der Waals surface area contributed by atoms with Crippen LogP contribution in [-0.2, 0) is 9.59 Å². The first kappa shape index (κ1) is 15.5. The number of benzene rings is 1. The smallest absolute Gasteiger partial charge is 0.229 e. The zero-order valence-electron chi connectivity index (χ0n) is 12.6. The Bertz CT molecular complexity index is 500. The lowest BCUT2D eigenvalue weighted by atomic mass is 10.0. The van der Waals surface area contributed by atoms with Crippen LogP contribution in [0.3, 0.4) is 0 Å². The molecular weight excluding hydrogens is 268 g/mol. The number of nitrogens with zero attached hydrogens (tertiary/aromatic N) is 1. The fourth-order valence-electron chi connectivity index (χ4n) is 2.66. The first-order valence-corrected chi connectivity index (χ1v) is 7.36. The van der Waals surface area contributed by atoms with Gasteiger partial charge in [0.2, 0.25) is 11.8 Å². The Morgan fingerprint density at radius 2 is 1.90 bits per heavy atom. The van der Waals surface area contributed by atoms with E-state index in [0.29, 0.717) is 25.8 Å². The second-order valence-electron chi connectivity index (χ2n) is 5.10. The Balaban J connectivity index is 2.22. The van der Waals surface area contributed by atoms with Gasteiger partial charge in [0, 0.05) is 24.9 Å². The van der Waals surface area contributed by atoms with E-state index in [-0.39, 0.29) is 17.9 Å². The molecule has 1 fully saturated rings. The Morgan fingerprint density at radius 1 is 1.24 bits per heavy atom. The lowest BCUT2D eigenvalue weighted by Gasteiger charge is -2.30. The SMILES string of the molecule is CCNC(CN1C(=O)CCCC1=O)c1ccccc1OC. The van der Waals surface area contributed by atoms with Gasteiger partial charge in [0.1, 0.15) is 5.75 Å². The molecule has 5 nitrogen and oxygen atoms in total. The summed E-state index contributed by atoms with van der Waals surface area (Å²) in [4.78, 5) is 25.3. The summed E-state index contributed by atoms with van der Waals surface area (Å²) < 4.78 is 5.39. The van der Waals surface area contributed by atoms with Crippen LogP contribution in [0, 0.1) is 0 Å². The summed E-state index contributed by atoms with van der Waals surface area (Å²) in [5.41, 5.74) is 0.966. The molecule has 1 N–H and O–H groups in total. The summed E-state index contributed by atoms with van der Waals surface area (Å²) in [6.45, 7) is 3.10. The van der Waals surface area contributed by atoms with Gasteiger partial charge in [0.15, 0.2) is 0 Å². The Kier molecular flexibility index (Phi) is 5.33. The molecule has 1 aliphatic rings. The number of piperidine rings is 1. The maximum atomic E-state index is 12.0. The molecule has 21 heavy (non-hydrogen) atoms. The van der Waals surface area contributed by atoms with E-state index in [2.05, 4.69) is 5.32 Å². The number of ether oxygens (including phenoxy) is 1. The molecule has 2 amide bonds. The summed E-state index contributed by atoms with van der Waals surface area (Å²) in [7, 11) is 1.62. The van der Waals surface area contributed by atoms with Crippen LogP contribution < -0.4 is 10.1 Å².